The molecule has 0 N–H and O–H groups in total. The first-order chi connectivity index (χ1) is 12.0. The van der Waals surface area contributed by atoms with Crippen LogP contribution in [0.4, 0.5) is 0 Å². The van der Waals surface area contributed by atoms with Gasteiger partial charge in [0.25, 0.3) is 5.91 Å². The molecule has 0 unspecified atom stereocenters. The molecule has 1 aliphatic carbocycles. The van der Waals surface area contributed by atoms with Gasteiger partial charge >= 0.3 is 5.97 Å². The van der Waals surface area contributed by atoms with E-state index in [1.165, 1.54) is 0 Å². The number of amides is 1. The van der Waals surface area contributed by atoms with Crippen LogP contribution in [-0.4, -0.2) is 41.6 Å². The van der Waals surface area contributed by atoms with E-state index in [1.807, 2.05) is 18.2 Å². The first-order valence-corrected chi connectivity index (χ1v) is 8.79. The lowest BCUT2D eigenvalue weighted by Crippen LogP contribution is -2.41. The maximum Gasteiger partial charge on any atom is 0.312 e. The third-order valence-corrected chi connectivity index (χ3v) is 5.05. The Morgan fingerprint density at radius 2 is 1.96 bits per heavy atom. The van der Waals surface area contributed by atoms with Crippen molar-refractivity contribution in [1.29, 1.82) is 0 Å². The largest absolute Gasteiger partial charge is 0.455 e. The van der Waals surface area contributed by atoms with Crippen LogP contribution in [-0.2, 0) is 20.7 Å². The van der Waals surface area contributed by atoms with Gasteiger partial charge in [-0.15, -0.1) is 0 Å². The van der Waals surface area contributed by atoms with Gasteiger partial charge in [0.05, 0.1) is 6.42 Å². The van der Waals surface area contributed by atoms with Crippen molar-refractivity contribution in [1.82, 2.24) is 10.1 Å². The van der Waals surface area contributed by atoms with Crippen molar-refractivity contribution in [2.75, 3.05) is 13.7 Å². The van der Waals surface area contributed by atoms with E-state index in [0.717, 1.165) is 37.0 Å². The zero-order valence-corrected chi connectivity index (χ0v) is 14.7. The lowest BCUT2D eigenvalue weighted by Gasteiger charge is -2.33. The van der Waals surface area contributed by atoms with Crippen molar-refractivity contribution in [2.24, 2.45) is 5.92 Å². The lowest BCUT2D eigenvalue weighted by molar-refractivity contribution is -0.152. The number of hydrogen-bond donors (Lipinski definition) is 0. The Labute approximate surface area is 147 Å². The number of nitrogens with zero attached hydrogens (tertiary/aromatic N) is 2. The Hall–Kier alpha value is -2.37. The van der Waals surface area contributed by atoms with Crippen LogP contribution < -0.4 is 0 Å². The van der Waals surface area contributed by atoms with Crippen LogP contribution in [0, 0.1) is 5.92 Å². The summed E-state index contributed by atoms with van der Waals surface area (Å²) in [7, 11) is 1.79. The average Bonchev–Trinajstić information content (AvgIpc) is 3.03. The van der Waals surface area contributed by atoms with E-state index in [2.05, 4.69) is 12.1 Å². The molecule has 6 nitrogen and oxygen atoms in total. The highest BCUT2D eigenvalue weighted by Gasteiger charge is 2.25. The second-order valence-corrected chi connectivity index (χ2v) is 6.88. The number of carbonyl (C=O) groups excluding carboxylic acids is 2. The number of rotatable bonds is 5. The number of para-hydroxylation sites is 1. The van der Waals surface area contributed by atoms with Crippen LogP contribution >= 0.6 is 0 Å². The number of ether oxygens (including phenoxy) is 1. The molecule has 1 saturated carbocycles. The summed E-state index contributed by atoms with van der Waals surface area (Å²) >= 11 is 0. The smallest absolute Gasteiger partial charge is 0.312 e. The van der Waals surface area contributed by atoms with Gasteiger partial charge in [0.1, 0.15) is 5.69 Å². The lowest BCUT2D eigenvalue weighted by atomic mass is 9.87. The van der Waals surface area contributed by atoms with Gasteiger partial charge in [-0.05, 0) is 43.7 Å². The third kappa shape index (κ3) is 4.18. The van der Waals surface area contributed by atoms with Gasteiger partial charge in [-0.1, -0.05) is 24.2 Å². The molecule has 0 atom stereocenters. The molecular weight excluding hydrogens is 320 g/mol. The molecule has 1 aromatic heterocycles. The zero-order chi connectivity index (χ0) is 17.8. The molecule has 2 aromatic rings. The molecule has 1 heterocycles. The van der Waals surface area contributed by atoms with Crippen molar-refractivity contribution in [2.45, 2.75) is 45.1 Å². The second-order valence-electron chi connectivity index (χ2n) is 6.88. The summed E-state index contributed by atoms with van der Waals surface area (Å²) in [4.78, 5) is 26.0. The Balaban J connectivity index is 1.49. The van der Waals surface area contributed by atoms with E-state index in [4.69, 9.17) is 9.26 Å². The van der Waals surface area contributed by atoms with Gasteiger partial charge in [0, 0.05) is 18.5 Å². The van der Waals surface area contributed by atoms with Crippen LogP contribution in [0.15, 0.2) is 28.8 Å². The van der Waals surface area contributed by atoms with Crippen molar-refractivity contribution >= 4 is 22.8 Å². The monoisotopic (exact) mass is 344 g/mol. The number of likely N-dealkylation sites (N-methyl/N-ethyl adjacent to an activating group) is 1. The van der Waals surface area contributed by atoms with Gasteiger partial charge in [-0.2, -0.15) is 0 Å². The predicted molar refractivity (Wildman–Crippen MR) is 92.9 cm³/mol. The number of esters is 1. The van der Waals surface area contributed by atoms with E-state index >= 15 is 0 Å². The maximum absolute atomic E-state index is 12.3. The molecule has 1 aliphatic rings. The molecule has 25 heavy (non-hydrogen) atoms. The first-order valence-electron chi connectivity index (χ1n) is 8.79. The quantitative estimate of drug-likeness (QED) is 0.780. The fraction of sp³-hybridized carbons (Fsp3) is 0.526. The molecular formula is C19H24N2O4. The van der Waals surface area contributed by atoms with Crippen molar-refractivity contribution in [3.05, 3.63) is 30.0 Å². The topological polar surface area (TPSA) is 72.6 Å². The number of aromatic nitrogens is 1. The minimum absolute atomic E-state index is 0.00501. The maximum atomic E-state index is 12.3. The molecule has 0 aliphatic heterocycles. The summed E-state index contributed by atoms with van der Waals surface area (Å²) in [6.45, 7) is 2.02. The fourth-order valence-electron chi connectivity index (χ4n) is 3.33. The van der Waals surface area contributed by atoms with Gasteiger partial charge < -0.3 is 14.2 Å². The molecule has 1 fully saturated rings. The van der Waals surface area contributed by atoms with Crippen molar-refractivity contribution in [3.8, 4) is 0 Å². The van der Waals surface area contributed by atoms with E-state index < -0.39 is 5.97 Å². The standard InChI is InChI=1S/C19H24N2O4/c1-13-7-9-14(10-8-13)21(2)18(22)12-24-19(23)11-16-15-5-3-4-6-17(15)25-20-16/h3-6,13-14H,7-12H2,1-2H3. The number of benzene rings is 1. The molecule has 1 amide bonds. The fourth-order valence-corrected chi connectivity index (χ4v) is 3.33. The summed E-state index contributed by atoms with van der Waals surface area (Å²) in [5.41, 5.74) is 1.16. The summed E-state index contributed by atoms with van der Waals surface area (Å²) in [5.74, 6) is 0.103. The average molecular weight is 344 g/mol. The van der Waals surface area contributed by atoms with Gasteiger partial charge in [-0.3, -0.25) is 9.59 Å². The highest BCUT2D eigenvalue weighted by molar-refractivity contribution is 5.85. The number of carbonyl (C=O) groups is 2. The predicted octanol–water partition coefficient (Wildman–Crippen LogP) is 2.95. The van der Waals surface area contributed by atoms with Crippen LogP contribution in [0.5, 0.6) is 0 Å². The van der Waals surface area contributed by atoms with Gasteiger partial charge in [0.15, 0.2) is 12.2 Å². The number of fused-ring (bicyclic) bond motifs is 1. The molecule has 0 spiro atoms. The molecule has 0 saturated heterocycles. The molecule has 134 valence electrons. The SMILES string of the molecule is CC1CCC(N(C)C(=O)COC(=O)Cc2noc3ccccc23)CC1. The van der Waals surface area contributed by atoms with E-state index in [0.29, 0.717) is 11.3 Å². The minimum atomic E-state index is -0.474. The Morgan fingerprint density at radius 3 is 2.72 bits per heavy atom. The zero-order valence-electron chi connectivity index (χ0n) is 14.7. The van der Waals surface area contributed by atoms with Crippen LogP contribution in [0.1, 0.15) is 38.3 Å². The summed E-state index contributed by atoms with van der Waals surface area (Å²) in [5, 5.41) is 4.70. The molecule has 0 radical (unpaired) electrons. The van der Waals surface area contributed by atoms with Gasteiger partial charge in [-0.25, -0.2) is 0 Å². The minimum Gasteiger partial charge on any atom is -0.455 e. The number of hydrogen-bond acceptors (Lipinski definition) is 5. The van der Waals surface area contributed by atoms with Crippen molar-refractivity contribution in [3.63, 3.8) is 0 Å². The summed E-state index contributed by atoms with van der Waals surface area (Å²) in [6.07, 6.45) is 4.31. The molecule has 3 rings (SSSR count). The highest BCUT2D eigenvalue weighted by Crippen LogP contribution is 2.26. The molecule has 6 heteroatoms. The molecule has 0 bridgehead atoms. The van der Waals surface area contributed by atoms with Crippen LogP contribution in [0.3, 0.4) is 0 Å². The third-order valence-electron chi connectivity index (χ3n) is 5.05. The second kappa shape index (κ2) is 7.68. The molecule has 1 aromatic carbocycles. The van der Waals surface area contributed by atoms with E-state index in [9.17, 15) is 9.59 Å². The van der Waals surface area contributed by atoms with Crippen LogP contribution in [0.2, 0.25) is 0 Å². The van der Waals surface area contributed by atoms with E-state index in [-0.39, 0.29) is 25.0 Å². The first kappa shape index (κ1) is 17.5. The Bertz CT molecular complexity index is 747. The van der Waals surface area contributed by atoms with Crippen molar-refractivity contribution < 1.29 is 18.8 Å². The van der Waals surface area contributed by atoms with E-state index in [1.54, 1.807) is 18.0 Å². The Kier molecular flexibility index (Phi) is 5.36. The highest BCUT2D eigenvalue weighted by atomic mass is 16.5. The van der Waals surface area contributed by atoms with Gasteiger partial charge in [0.2, 0.25) is 0 Å². The summed E-state index contributed by atoms with van der Waals surface area (Å²) in [6, 6.07) is 7.59. The Morgan fingerprint density at radius 1 is 1.24 bits per heavy atom. The van der Waals surface area contributed by atoms with Crippen LogP contribution in [0.25, 0.3) is 11.0 Å². The summed E-state index contributed by atoms with van der Waals surface area (Å²) < 4.78 is 10.3. The normalized spacial score (nSPS) is 20.4.